The molecule has 0 spiro atoms. The van der Waals surface area contributed by atoms with Crippen LogP contribution in [0.5, 0.6) is 5.75 Å². The van der Waals surface area contributed by atoms with E-state index in [1.165, 1.54) is 31.0 Å². The van der Waals surface area contributed by atoms with Crippen LogP contribution in [0.4, 0.5) is 5.69 Å². The number of carboxylic acid groups (broad SMARTS) is 1. The normalized spacial score (nSPS) is 21.5. The predicted octanol–water partition coefficient (Wildman–Crippen LogP) is 2.87. The van der Waals surface area contributed by atoms with Crippen LogP contribution in [-0.2, 0) is 19.6 Å². The summed E-state index contributed by atoms with van der Waals surface area (Å²) in [7, 11) is -4.08. The van der Waals surface area contributed by atoms with Crippen LogP contribution >= 0.6 is 0 Å². The molecular weight excluding hydrogens is 482 g/mol. The largest absolute Gasteiger partial charge is 0.480 e. The van der Waals surface area contributed by atoms with Gasteiger partial charge in [-0.25, -0.2) is 8.42 Å². The highest BCUT2D eigenvalue weighted by Crippen LogP contribution is 2.31. The van der Waals surface area contributed by atoms with Crippen molar-refractivity contribution in [1.29, 1.82) is 0 Å². The second-order valence-corrected chi connectivity index (χ2v) is 11.4. The Morgan fingerprint density at radius 3 is 2.39 bits per heavy atom. The number of benzene rings is 2. The molecule has 2 fully saturated rings. The van der Waals surface area contributed by atoms with Crippen LogP contribution in [0.15, 0.2) is 47.4 Å². The molecule has 0 bridgehead atoms. The molecule has 194 valence electrons. The maximum Gasteiger partial charge on any atom is 0.322 e. The lowest BCUT2D eigenvalue weighted by Gasteiger charge is -2.22. The standard InChI is InChI=1S/C26H33N3O6S/c1-3-22(18-6-8-20(9-7-18)28-12-4-5-13-28)26(32)35-24-11-10-21(14-17(24)2)36(33,34)29-16-19(27)15-23(29)25(30)31/h6-11,14,19,22-23H,3-5,12-13,15-16,27H2,1-2H3,(H,30,31)/t19-,22?,23+/m1/s1. The fourth-order valence-corrected chi connectivity index (χ4v) is 6.71. The number of carbonyl (C=O) groups excluding carboxylic acids is 1. The highest BCUT2D eigenvalue weighted by atomic mass is 32.2. The number of hydrogen-bond donors (Lipinski definition) is 2. The molecular formula is C26H33N3O6S. The average molecular weight is 516 g/mol. The number of esters is 1. The molecule has 1 unspecified atom stereocenters. The summed E-state index contributed by atoms with van der Waals surface area (Å²) in [5.74, 6) is -1.84. The van der Waals surface area contributed by atoms with E-state index in [0.717, 1.165) is 28.6 Å². The van der Waals surface area contributed by atoms with Gasteiger partial charge in [0.1, 0.15) is 11.8 Å². The molecule has 2 aliphatic rings. The van der Waals surface area contributed by atoms with E-state index in [1.807, 2.05) is 31.2 Å². The molecule has 0 aromatic heterocycles. The molecule has 0 amide bonds. The summed E-state index contributed by atoms with van der Waals surface area (Å²) < 4.78 is 32.9. The average Bonchev–Trinajstić information content (AvgIpc) is 3.52. The van der Waals surface area contributed by atoms with Crippen LogP contribution in [0.3, 0.4) is 0 Å². The first kappa shape index (κ1) is 26.1. The second kappa shape index (κ2) is 10.6. The summed E-state index contributed by atoms with van der Waals surface area (Å²) in [5.41, 5.74) is 8.31. The van der Waals surface area contributed by atoms with E-state index in [4.69, 9.17) is 10.5 Å². The molecule has 2 aliphatic heterocycles. The summed E-state index contributed by atoms with van der Waals surface area (Å²) in [4.78, 5) is 26.9. The summed E-state index contributed by atoms with van der Waals surface area (Å²) >= 11 is 0. The Bertz CT molecular complexity index is 1220. The Labute approximate surface area is 211 Å². The van der Waals surface area contributed by atoms with Crippen LogP contribution in [0.2, 0.25) is 0 Å². The lowest BCUT2D eigenvalue weighted by Crippen LogP contribution is -2.40. The van der Waals surface area contributed by atoms with E-state index in [2.05, 4.69) is 4.90 Å². The van der Waals surface area contributed by atoms with Gasteiger partial charge in [-0.2, -0.15) is 4.31 Å². The minimum absolute atomic E-state index is 0.0562. The van der Waals surface area contributed by atoms with Crippen molar-refractivity contribution in [2.75, 3.05) is 24.5 Å². The highest BCUT2D eigenvalue weighted by molar-refractivity contribution is 7.89. The van der Waals surface area contributed by atoms with Crippen LogP contribution in [-0.4, -0.2) is 61.5 Å². The smallest absolute Gasteiger partial charge is 0.322 e. The molecule has 0 radical (unpaired) electrons. The molecule has 2 saturated heterocycles. The number of sulfonamides is 1. The Balaban J connectivity index is 1.49. The third kappa shape index (κ3) is 5.25. The molecule has 9 nitrogen and oxygen atoms in total. The molecule has 4 rings (SSSR count). The van der Waals surface area contributed by atoms with Crippen molar-refractivity contribution >= 4 is 27.6 Å². The molecule has 2 aromatic rings. The Hall–Kier alpha value is -2.95. The van der Waals surface area contributed by atoms with Crippen LogP contribution in [0.1, 0.15) is 49.7 Å². The van der Waals surface area contributed by atoms with Crippen LogP contribution < -0.4 is 15.4 Å². The van der Waals surface area contributed by atoms with E-state index in [1.54, 1.807) is 6.92 Å². The quantitative estimate of drug-likeness (QED) is 0.405. The third-order valence-electron chi connectivity index (χ3n) is 7.00. The van der Waals surface area contributed by atoms with Crippen molar-refractivity contribution in [3.63, 3.8) is 0 Å². The Kier molecular flexibility index (Phi) is 7.67. The lowest BCUT2D eigenvalue weighted by molar-refractivity contribution is -0.140. The molecule has 2 aromatic carbocycles. The van der Waals surface area contributed by atoms with E-state index in [0.29, 0.717) is 12.0 Å². The van der Waals surface area contributed by atoms with Gasteiger partial charge < -0.3 is 20.5 Å². The highest BCUT2D eigenvalue weighted by Gasteiger charge is 2.43. The van der Waals surface area contributed by atoms with Crippen molar-refractivity contribution in [3.8, 4) is 5.75 Å². The van der Waals surface area contributed by atoms with Gasteiger partial charge in [0, 0.05) is 31.4 Å². The molecule has 10 heteroatoms. The number of nitrogens with two attached hydrogens (primary N) is 1. The summed E-state index contributed by atoms with van der Waals surface area (Å²) in [5, 5.41) is 9.43. The first-order chi connectivity index (χ1) is 17.1. The zero-order valence-electron chi connectivity index (χ0n) is 20.6. The first-order valence-electron chi connectivity index (χ1n) is 12.3. The van der Waals surface area contributed by atoms with Crippen molar-refractivity contribution in [3.05, 3.63) is 53.6 Å². The number of hydrogen-bond acceptors (Lipinski definition) is 7. The van der Waals surface area contributed by atoms with Gasteiger partial charge in [0.15, 0.2) is 0 Å². The molecule has 3 atom stereocenters. The van der Waals surface area contributed by atoms with Gasteiger partial charge in [-0.05, 0) is 74.1 Å². The molecule has 0 saturated carbocycles. The summed E-state index contributed by atoms with van der Waals surface area (Å²) in [6.07, 6.45) is 2.99. The van der Waals surface area contributed by atoms with Gasteiger partial charge in [0.2, 0.25) is 10.0 Å². The van der Waals surface area contributed by atoms with E-state index in [-0.39, 0.29) is 23.6 Å². The minimum Gasteiger partial charge on any atom is -0.480 e. The van der Waals surface area contributed by atoms with Gasteiger partial charge in [0.25, 0.3) is 0 Å². The first-order valence-corrected chi connectivity index (χ1v) is 13.7. The van der Waals surface area contributed by atoms with E-state index < -0.39 is 40.0 Å². The van der Waals surface area contributed by atoms with Crippen molar-refractivity contribution in [2.24, 2.45) is 5.73 Å². The maximum absolute atomic E-state index is 13.1. The van der Waals surface area contributed by atoms with Crippen LogP contribution in [0.25, 0.3) is 0 Å². The monoisotopic (exact) mass is 515 g/mol. The van der Waals surface area contributed by atoms with Crippen molar-refractivity contribution in [1.82, 2.24) is 4.31 Å². The number of carbonyl (C=O) groups is 2. The third-order valence-corrected chi connectivity index (χ3v) is 8.87. The van der Waals surface area contributed by atoms with Gasteiger partial charge in [0.05, 0.1) is 10.8 Å². The number of ether oxygens (including phenoxy) is 1. The molecule has 0 aliphatic carbocycles. The van der Waals surface area contributed by atoms with Gasteiger partial charge in [-0.1, -0.05) is 19.1 Å². The fraction of sp³-hybridized carbons (Fsp3) is 0.462. The van der Waals surface area contributed by atoms with Gasteiger partial charge in [-0.15, -0.1) is 0 Å². The van der Waals surface area contributed by atoms with Crippen molar-refractivity contribution in [2.45, 2.75) is 62.4 Å². The number of aliphatic carboxylic acids is 1. The fourth-order valence-electron chi connectivity index (χ4n) is 4.97. The topological polar surface area (TPSA) is 130 Å². The molecule has 36 heavy (non-hydrogen) atoms. The molecule has 3 N–H and O–H groups in total. The molecule has 2 heterocycles. The summed E-state index contributed by atoms with van der Waals surface area (Å²) in [6.45, 7) is 5.60. The number of aryl methyl sites for hydroxylation is 1. The Morgan fingerprint density at radius 2 is 1.81 bits per heavy atom. The van der Waals surface area contributed by atoms with Gasteiger partial charge >= 0.3 is 11.9 Å². The van der Waals surface area contributed by atoms with Crippen molar-refractivity contribution < 1.29 is 27.9 Å². The van der Waals surface area contributed by atoms with Gasteiger partial charge in [-0.3, -0.25) is 9.59 Å². The number of rotatable bonds is 8. The summed E-state index contributed by atoms with van der Waals surface area (Å²) in [6, 6.07) is 10.4. The SMILES string of the molecule is CCC(C(=O)Oc1ccc(S(=O)(=O)N2C[C@H](N)C[C@H]2C(=O)O)cc1C)c1ccc(N2CCCC2)cc1. The maximum atomic E-state index is 13.1. The number of carboxylic acids is 1. The van der Waals surface area contributed by atoms with E-state index >= 15 is 0 Å². The lowest BCUT2D eigenvalue weighted by atomic mass is 9.96. The zero-order valence-corrected chi connectivity index (χ0v) is 21.4. The minimum atomic E-state index is -4.08. The number of anilines is 1. The van der Waals surface area contributed by atoms with Crippen LogP contribution in [0, 0.1) is 6.92 Å². The zero-order chi connectivity index (χ0) is 26.0. The second-order valence-electron chi connectivity index (χ2n) is 9.52. The predicted molar refractivity (Wildman–Crippen MR) is 136 cm³/mol. The Morgan fingerprint density at radius 1 is 1.14 bits per heavy atom. The van der Waals surface area contributed by atoms with E-state index in [9.17, 15) is 23.1 Å². The number of nitrogens with zero attached hydrogens (tertiary/aromatic N) is 2.